The van der Waals surface area contributed by atoms with Gasteiger partial charge in [-0.05, 0) is 37.1 Å². The first-order valence-electron chi connectivity index (χ1n) is 7.53. The van der Waals surface area contributed by atoms with Crippen molar-refractivity contribution in [2.24, 2.45) is 0 Å². The summed E-state index contributed by atoms with van der Waals surface area (Å²) >= 11 is 0. The Morgan fingerprint density at radius 3 is 3.00 bits per heavy atom. The van der Waals surface area contributed by atoms with Crippen LogP contribution in [0, 0.1) is 6.92 Å². The minimum Gasteiger partial charge on any atom is -0.364 e. The Bertz CT molecular complexity index is 914. The normalized spacial score (nSPS) is 13.6. The molecular weight excluding hydrogens is 274 g/mol. The van der Waals surface area contributed by atoms with Gasteiger partial charge in [0.15, 0.2) is 0 Å². The lowest BCUT2D eigenvalue weighted by Gasteiger charge is -2.18. The molecule has 1 N–H and O–H groups in total. The van der Waals surface area contributed by atoms with Gasteiger partial charge in [0.05, 0.1) is 17.4 Å². The Kier molecular flexibility index (Phi) is 2.96. The molecule has 0 bridgehead atoms. The number of hydrogen-bond donors (Lipinski definition) is 1. The van der Waals surface area contributed by atoms with Crippen molar-refractivity contribution in [2.75, 3.05) is 11.4 Å². The van der Waals surface area contributed by atoms with Crippen LogP contribution >= 0.6 is 0 Å². The minimum absolute atomic E-state index is 0.0591. The monoisotopic (exact) mass is 291 g/mol. The van der Waals surface area contributed by atoms with E-state index in [0.29, 0.717) is 11.9 Å². The van der Waals surface area contributed by atoms with Gasteiger partial charge >= 0.3 is 0 Å². The number of benzene rings is 2. The molecule has 4 heteroatoms. The van der Waals surface area contributed by atoms with Crippen LogP contribution in [0.1, 0.15) is 17.0 Å². The second kappa shape index (κ2) is 4.98. The molecular formula is C18H17N3O. The van der Waals surface area contributed by atoms with Crippen molar-refractivity contribution in [2.45, 2.75) is 19.9 Å². The summed E-state index contributed by atoms with van der Waals surface area (Å²) in [5.41, 5.74) is 4.38. The van der Waals surface area contributed by atoms with Gasteiger partial charge in [-0.1, -0.05) is 29.8 Å². The van der Waals surface area contributed by atoms with E-state index in [4.69, 9.17) is 0 Å². The number of para-hydroxylation sites is 1. The third kappa shape index (κ3) is 2.17. The van der Waals surface area contributed by atoms with Gasteiger partial charge in [0.25, 0.3) is 5.56 Å². The SMILES string of the molecule is Cc1ccc2nc(CN3CCc4ccccc43)[nH]c(=O)c2c1. The quantitative estimate of drug-likeness (QED) is 0.790. The molecule has 0 amide bonds. The Labute approximate surface area is 128 Å². The molecule has 0 radical (unpaired) electrons. The summed E-state index contributed by atoms with van der Waals surface area (Å²) in [6.45, 7) is 3.58. The summed E-state index contributed by atoms with van der Waals surface area (Å²) in [7, 11) is 0. The third-order valence-corrected chi connectivity index (χ3v) is 4.23. The number of H-pyrrole nitrogens is 1. The van der Waals surface area contributed by atoms with Crippen LogP contribution in [-0.2, 0) is 13.0 Å². The number of fused-ring (bicyclic) bond motifs is 2. The maximum Gasteiger partial charge on any atom is 0.258 e. The fourth-order valence-electron chi connectivity index (χ4n) is 3.13. The van der Waals surface area contributed by atoms with Crippen LogP contribution in [0.2, 0.25) is 0 Å². The molecule has 1 aliphatic heterocycles. The smallest absolute Gasteiger partial charge is 0.258 e. The van der Waals surface area contributed by atoms with Gasteiger partial charge in [0, 0.05) is 12.2 Å². The molecule has 0 aliphatic carbocycles. The summed E-state index contributed by atoms with van der Waals surface area (Å²) < 4.78 is 0. The van der Waals surface area contributed by atoms with Crippen molar-refractivity contribution >= 4 is 16.6 Å². The van der Waals surface area contributed by atoms with Gasteiger partial charge in [-0.15, -0.1) is 0 Å². The number of hydrogen-bond acceptors (Lipinski definition) is 3. The summed E-state index contributed by atoms with van der Waals surface area (Å²) in [6.07, 6.45) is 1.05. The topological polar surface area (TPSA) is 49.0 Å². The standard InChI is InChI=1S/C18H17N3O/c1-12-6-7-15-14(10-12)18(22)20-17(19-15)11-21-9-8-13-4-2-3-5-16(13)21/h2-7,10H,8-9,11H2,1H3,(H,19,20,22). The molecule has 0 spiro atoms. The number of aromatic nitrogens is 2. The van der Waals surface area contributed by atoms with E-state index in [-0.39, 0.29) is 5.56 Å². The predicted molar refractivity (Wildman–Crippen MR) is 88.3 cm³/mol. The molecule has 0 saturated heterocycles. The second-order valence-electron chi connectivity index (χ2n) is 5.83. The fourth-order valence-corrected chi connectivity index (χ4v) is 3.13. The largest absolute Gasteiger partial charge is 0.364 e. The summed E-state index contributed by atoms with van der Waals surface area (Å²) in [5, 5.41) is 0.658. The molecule has 1 aromatic heterocycles. The van der Waals surface area contributed by atoms with Crippen molar-refractivity contribution < 1.29 is 0 Å². The molecule has 2 aromatic carbocycles. The zero-order valence-electron chi connectivity index (χ0n) is 12.5. The zero-order chi connectivity index (χ0) is 15.1. The molecule has 0 fully saturated rings. The van der Waals surface area contributed by atoms with Crippen LogP contribution in [0.25, 0.3) is 10.9 Å². The van der Waals surface area contributed by atoms with Gasteiger partial charge in [-0.2, -0.15) is 0 Å². The van der Waals surface area contributed by atoms with E-state index >= 15 is 0 Å². The number of aryl methyl sites for hydroxylation is 1. The average molecular weight is 291 g/mol. The average Bonchev–Trinajstić information content (AvgIpc) is 2.92. The summed E-state index contributed by atoms with van der Waals surface area (Å²) in [4.78, 5) is 22.1. The lowest BCUT2D eigenvalue weighted by Crippen LogP contribution is -2.23. The molecule has 4 rings (SSSR count). The molecule has 4 nitrogen and oxygen atoms in total. The maximum atomic E-state index is 12.3. The van der Waals surface area contributed by atoms with Crippen LogP contribution < -0.4 is 10.5 Å². The van der Waals surface area contributed by atoms with Crippen molar-refractivity contribution in [3.8, 4) is 0 Å². The van der Waals surface area contributed by atoms with Gasteiger partial charge in [-0.3, -0.25) is 4.79 Å². The first-order chi connectivity index (χ1) is 10.7. The lowest BCUT2D eigenvalue weighted by molar-refractivity contribution is 0.787. The van der Waals surface area contributed by atoms with E-state index in [1.54, 1.807) is 0 Å². The van der Waals surface area contributed by atoms with Crippen molar-refractivity contribution in [1.29, 1.82) is 0 Å². The first kappa shape index (κ1) is 13.1. The molecule has 110 valence electrons. The Balaban J connectivity index is 1.71. The number of nitrogens with one attached hydrogen (secondary N) is 1. The number of nitrogens with zero attached hydrogens (tertiary/aromatic N) is 2. The molecule has 0 atom stereocenters. The molecule has 0 unspecified atom stereocenters. The van der Waals surface area contributed by atoms with Crippen molar-refractivity contribution in [3.05, 3.63) is 69.8 Å². The van der Waals surface area contributed by atoms with E-state index in [2.05, 4.69) is 39.1 Å². The Morgan fingerprint density at radius 1 is 1.23 bits per heavy atom. The van der Waals surface area contributed by atoms with E-state index in [1.165, 1.54) is 11.3 Å². The Morgan fingerprint density at radius 2 is 2.09 bits per heavy atom. The highest BCUT2D eigenvalue weighted by Crippen LogP contribution is 2.28. The molecule has 22 heavy (non-hydrogen) atoms. The lowest BCUT2D eigenvalue weighted by atomic mass is 10.1. The molecule has 1 aliphatic rings. The van der Waals surface area contributed by atoms with Crippen LogP contribution in [-0.4, -0.2) is 16.5 Å². The highest BCUT2D eigenvalue weighted by Gasteiger charge is 2.19. The summed E-state index contributed by atoms with van der Waals surface area (Å²) in [5.74, 6) is 0.720. The second-order valence-corrected chi connectivity index (χ2v) is 5.83. The van der Waals surface area contributed by atoms with Crippen LogP contribution in [0.15, 0.2) is 47.3 Å². The van der Waals surface area contributed by atoms with Gasteiger partial charge in [0.2, 0.25) is 0 Å². The third-order valence-electron chi connectivity index (χ3n) is 4.23. The van der Waals surface area contributed by atoms with Crippen molar-refractivity contribution in [3.63, 3.8) is 0 Å². The van der Waals surface area contributed by atoms with Crippen LogP contribution in [0.3, 0.4) is 0 Å². The van der Waals surface area contributed by atoms with E-state index in [1.807, 2.05) is 25.1 Å². The highest BCUT2D eigenvalue weighted by molar-refractivity contribution is 5.78. The van der Waals surface area contributed by atoms with Gasteiger partial charge in [-0.25, -0.2) is 4.98 Å². The van der Waals surface area contributed by atoms with Crippen molar-refractivity contribution in [1.82, 2.24) is 9.97 Å². The van der Waals surface area contributed by atoms with E-state index in [0.717, 1.165) is 29.9 Å². The van der Waals surface area contributed by atoms with Gasteiger partial charge in [0.1, 0.15) is 5.82 Å². The van der Waals surface area contributed by atoms with Crippen LogP contribution in [0.5, 0.6) is 0 Å². The predicted octanol–water partition coefficient (Wildman–Crippen LogP) is 2.79. The molecule has 3 aromatic rings. The zero-order valence-corrected chi connectivity index (χ0v) is 12.5. The van der Waals surface area contributed by atoms with Gasteiger partial charge < -0.3 is 9.88 Å². The number of aromatic amines is 1. The molecule has 0 saturated carbocycles. The fraction of sp³-hybridized carbons (Fsp3) is 0.222. The first-order valence-corrected chi connectivity index (χ1v) is 7.53. The van der Waals surface area contributed by atoms with Crippen LogP contribution in [0.4, 0.5) is 5.69 Å². The Hall–Kier alpha value is -2.62. The highest BCUT2D eigenvalue weighted by atomic mass is 16.1. The number of rotatable bonds is 2. The summed E-state index contributed by atoms with van der Waals surface area (Å²) in [6, 6.07) is 14.2. The minimum atomic E-state index is -0.0591. The number of anilines is 1. The van der Waals surface area contributed by atoms with E-state index < -0.39 is 0 Å². The molecule has 2 heterocycles. The maximum absolute atomic E-state index is 12.3. The van der Waals surface area contributed by atoms with E-state index in [9.17, 15) is 4.79 Å².